The van der Waals surface area contributed by atoms with Crippen molar-refractivity contribution in [3.05, 3.63) is 65.2 Å². The third kappa shape index (κ3) is 4.81. The predicted octanol–water partition coefficient (Wildman–Crippen LogP) is 5.63. The highest BCUT2D eigenvalue weighted by atomic mass is 16.5. The fraction of sp³-hybridized carbons (Fsp3) is 0.429. The maximum absolute atomic E-state index is 13.3. The molecule has 1 heterocycles. The molecule has 2 fully saturated rings. The molecule has 1 unspecified atom stereocenters. The highest BCUT2D eigenvalue weighted by molar-refractivity contribution is 6.46. The van der Waals surface area contributed by atoms with E-state index in [1.807, 2.05) is 52.0 Å². The summed E-state index contributed by atoms with van der Waals surface area (Å²) in [5.41, 5.74) is 1.35. The van der Waals surface area contributed by atoms with Crippen LogP contribution in [0.1, 0.15) is 70.5 Å². The molecular weight excluding hydrogens is 430 g/mol. The van der Waals surface area contributed by atoms with Crippen LogP contribution in [0.5, 0.6) is 11.5 Å². The van der Waals surface area contributed by atoms with Crippen molar-refractivity contribution in [2.24, 2.45) is 0 Å². The van der Waals surface area contributed by atoms with Crippen LogP contribution in [0.3, 0.4) is 0 Å². The van der Waals surface area contributed by atoms with Gasteiger partial charge in [-0.25, -0.2) is 0 Å². The Morgan fingerprint density at radius 3 is 2.15 bits per heavy atom. The number of rotatable bonds is 7. The van der Waals surface area contributed by atoms with Gasteiger partial charge in [0.25, 0.3) is 11.7 Å². The fourth-order valence-electron chi connectivity index (χ4n) is 4.88. The summed E-state index contributed by atoms with van der Waals surface area (Å²) in [7, 11) is 0. The minimum Gasteiger partial charge on any atom is -0.507 e. The van der Waals surface area contributed by atoms with E-state index >= 15 is 0 Å². The highest BCUT2D eigenvalue weighted by Crippen LogP contribution is 2.44. The van der Waals surface area contributed by atoms with Crippen molar-refractivity contribution in [1.29, 1.82) is 0 Å². The van der Waals surface area contributed by atoms with Gasteiger partial charge in [-0.3, -0.25) is 9.59 Å². The van der Waals surface area contributed by atoms with E-state index in [9.17, 15) is 14.7 Å². The molecule has 0 spiro atoms. The summed E-state index contributed by atoms with van der Waals surface area (Å²) < 4.78 is 11.5. The third-order valence-corrected chi connectivity index (χ3v) is 6.25. The lowest BCUT2D eigenvalue weighted by atomic mass is 9.94. The van der Waals surface area contributed by atoms with Gasteiger partial charge in [-0.2, -0.15) is 0 Å². The van der Waals surface area contributed by atoms with Crippen LogP contribution < -0.4 is 9.47 Å². The fourth-order valence-corrected chi connectivity index (χ4v) is 4.88. The van der Waals surface area contributed by atoms with E-state index < -0.39 is 17.7 Å². The zero-order chi connectivity index (χ0) is 24.4. The first-order chi connectivity index (χ1) is 16.3. The molecule has 1 saturated heterocycles. The average molecular weight is 464 g/mol. The van der Waals surface area contributed by atoms with E-state index in [2.05, 4.69) is 0 Å². The highest BCUT2D eigenvalue weighted by Gasteiger charge is 2.49. The number of aliphatic hydroxyl groups is 1. The molecule has 1 atom stereocenters. The van der Waals surface area contributed by atoms with Gasteiger partial charge in [0.05, 0.1) is 23.8 Å². The van der Waals surface area contributed by atoms with E-state index in [-0.39, 0.29) is 29.6 Å². The van der Waals surface area contributed by atoms with Crippen molar-refractivity contribution >= 4 is 17.4 Å². The molecule has 1 N–H and O–H groups in total. The summed E-state index contributed by atoms with van der Waals surface area (Å²) in [5.74, 6) is -0.0610. The molecule has 0 bridgehead atoms. The summed E-state index contributed by atoms with van der Waals surface area (Å²) in [5, 5.41) is 11.3. The van der Waals surface area contributed by atoms with Crippen LogP contribution in [0.4, 0.5) is 0 Å². The number of carbonyl (C=O) groups is 2. The van der Waals surface area contributed by atoms with Gasteiger partial charge >= 0.3 is 0 Å². The molecule has 1 saturated carbocycles. The minimum absolute atomic E-state index is 0.0195. The number of nitrogens with zero attached hydrogens (tertiary/aromatic N) is 1. The first-order valence-electron chi connectivity index (χ1n) is 12.1. The number of ether oxygens (including phenoxy) is 2. The van der Waals surface area contributed by atoms with Crippen molar-refractivity contribution in [1.82, 2.24) is 4.90 Å². The van der Waals surface area contributed by atoms with Crippen molar-refractivity contribution in [2.45, 2.75) is 77.7 Å². The van der Waals surface area contributed by atoms with E-state index in [4.69, 9.17) is 9.47 Å². The Hall–Kier alpha value is -3.28. The zero-order valence-corrected chi connectivity index (χ0v) is 20.3. The van der Waals surface area contributed by atoms with Crippen LogP contribution in [0.25, 0.3) is 5.76 Å². The van der Waals surface area contributed by atoms with Crippen molar-refractivity contribution in [3.8, 4) is 11.5 Å². The number of amides is 1. The number of carbonyl (C=O) groups excluding carboxylic acids is 2. The van der Waals surface area contributed by atoms with Gasteiger partial charge in [0.15, 0.2) is 0 Å². The number of Topliss-reactive ketones (excluding diaryl/α,β-unsaturated/α-hetero) is 1. The minimum atomic E-state index is -0.647. The SMILES string of the molecule is CC(C)Oc1ccc(C2/C(=C(/O)c3cccc(OC(C)C)c3)C(=O)C(=O)N2C2CCCC2)cc1. The summed E-state index contributed by atoms with van der Waals surface area (Å²) in [6.07, 6.45) is 3.77. The normalized spacial score (nSPS) is 20.5. The number of aliphatic hydroxyl groups excluding tert-OH is 1. The third-order valence-electron chi connectivity index (χ3n) is 6.25. The maximum atomic E-state index is 13.3. The number of hydrogen-bond acceptors (Lipinski definition) is 5. The second-order valence-corrected chi connectivity index (χ2v) is 9.57. The molecule has 0 aromatic heterocycles. The lowest BCUT2D eigenvalue weighted by molar-refractivity contribution is -0.141. The second-order valence-electron chi connectivity index (χ2n) is 9.57. The molecule has 4 rings (SSSR count). The molecule has 6 nitrogen and oxygen atoms in total. The van der Waals surface area contributed by atoms with Crippen LogP contribution >= 0.6 is 0 Å². The quantitative estimate of drug-likeness (QED) is 0.327. The molecule has 1 aliphatic carbocycles. The molecule has 1 amide bonds. The first-order valence-corrected chi connectivity index (χ1v) is 12.1. The van der Waals surface area contributed by atoms with Crippen LogP contribution in [0.15, 0.2) is 54.1 Å². The molecule has 2 aromatic rings. The lowest BCUT2D eigenvalue weighted by Gasteiger charge is -2.31. The van der Waals surface area contributed by atoms with Crippen molar-refractivity contribution in [3.63, 3.8) is 0 Å². The molecule has 180 valence electrons. The first kappa shape index (κ1) is 23.9. The Bertz CT molecular complexity index is 1080. The Morgan fingerprint density at radius 1 is 0.912 bits per heavy atom. The predicted molar refractivity (Wildman–Crippen MR) is 131 cm³/mol. The zero-order valence-electron chi connectivity index (χ0n) is 20.3. The van der Waals surface area contributed by atoms with Gasteiger partial charge in [-0.15, -0.1) is 0 Å². The van der Waals surface area contributed by atoms with Gasteiger partial charge in [-0.1, -0.05) is 37.1 Å². The Balaban J connectivity index is 1.80. The summed E-state index contributed by atoms with van der Waals surface area (Å²) >= 11 is 0. The maximum Gasteiger partial charge on any atom is 0.295 e. The number of hydrogen-bond donors (Lipinski definition) is 1. The van der Waals surface area contributed by atoms with Gasteiger partial charge in [-0.05, 0) is 70.4 Å². The van der Waals surface area contributed by atoms with E-state index in [0.717, 1.165) is 37.0 Å². The molecule has 1 aliphatic heterocycles. The Morgan fingerprint density at radius 2 is 1.53 bits per heavy atom. The van der Waals surface area contributed by atoms with Crippen LogP contribution in [0, 0.1) is 0 Å². The Labute approximate surface area is 201 Å². The lowest BCUT2D eigenvalue weighted by Crippen LogP contribution is -2.37. The van der Waals surface area contributed by atoms with E-state index in [1.54, 1.807) is 29.2 Å². The monoisotopic (exact) mass is 463 g/mol. The summed E-state index contributed by atoms with van der Waals surface area (Å²) in [6, 6.07) is 13.8. The number of benzene rings is 2. The smallest absolute Gasteiger partial charge is 0.295 e. The number of ketones is 1. The second kappa shape index (κ2) is 9.92. The van der Waals surface area contributed by atoms with Crippen molar-refractivity contribution < 1.29 is 24.2 Å². The molecule has 34 heavy (non-hydrogen) atoms. The summed E-state index contributed by atoms with van der Waals surface area (Å²) in [6.45, 7) is 7.76. The molecule has 2 aliphatic rings. The molecule has 0 radical (unpaired) electrons. The van der Waals surface area contributed by atoms with Gasteiger partial charge in [0.1, 0.15) is 17.3 Å². The molecular formula is C28H33NO5. The topological polar surface area (TPSA) is 76.1 Å². The van der Waals surface area contributed by atoms with Gasteiger partial charge in [0.2, 0.25) is 0 Å². The summed E-state index contributed by atoms with van der Waals surface area (Å²) in [4.78, 5) is 28.2. The average Bonchev–Trinajstić information content (AvgIpc) is 3.40. The number of likely N-dealkylation sites (tertiary alicyclic amines) is 1. The largest absolute Gasteiger partial charge is 0.507 e. The van der Waals surface area contributed by atoms with E-state index in [1.165, 1.54) is 0 Å². The molecule has 6 heteroatoms. The van der Waals surface area contributed by atoms with Crippen molar-refractivity contribution in [2.75, 3.05) is 0 Å². The standard InChI is InChI=1S/C28H33NO5/c1-17(2)33-22-14-12-19(13-15-22)25-24(27(31)28(32)29(25)21-9-5-6-10-21)26(30)20-8-7-11-23(16-20)34-18(3)4/h7-8,11-18,21,25,30H,5-6,9-10H2,1-4H3/b26-24-. The van der Waals surface area contributed by atoms with Crippen LogP contribution in [-0.2, 0) is 9.59 Å². The Kier molecular flexibility index (Phi) is 6.96. The van der Waals surface area contributed by atoms with E-state index in [0.29, 0.717) is 11.3 Å². The van der Waals surface area contributed by atoms with Crippen LogP contribution in [0.2, 0.25) is 0 Å². The van der Waals surface area contributed by atoms with Gasteiger partial charge in [0, 0.05) is 11.6 Å². The van der Waals surface area contributed by atoms with Crippen LogP contribution in [-0.4, -0.2) is 39.9 Å². The van der Waals surface area contributed by atoms with Gasteiger partial charge < -0.3 is 19.5 Å². The molecule has 2 aromatic carbocycles.